The van der Waals surface area contributed by atoms with Crippen LogP contribution in [0.15, 0.2) is 36.4 Å². The molecule has 2 fully saturated rings. The molecule has 0 spiro atoms. The molecule has 4 rings (SSSR count). The van der Waals surface area contributed by atoms with Gasteiger partial charge in [0, 0.05) is 24.7 Å². The molecule has 0 saturated carbocycles. The maximum atomic E-state index is 6.48. The average Bonchev–Trinajstić information content (AvgIpc) is 2.97. The van der Waals surface area contributed by atoms with E-state index in [1.54, 1.807) is 7.11 Å². The van der Waals surface area contributed by atoms with E-state index >= 15 is 0 Å². The van der Waals surface area contributed by atoms with E-state index in [4.69, 9.17) is 30.4 Å². The molecule has 0 aromatic heterocycles. The van der Waals surface area contributed by atoms with Crippen LogP contribution in [0.25, 0.3) is 0 Å². The first-order valence-electron chi connectivity index (χ1n) is 12.1. The highest BCUT2D eigenvalue weighted by atomic mass is 35.5. The van der Waals surface area contributed by atoms with E-state index in [9.17, 15) is 0 Å². The monoisotopic (exact) mass is 485 g/mol. The summed E-state index contributed by atoms with van der Waals surface area (Å²) < 4.78 is 24.5. The Kier molecular flexibility index (Phi) is 7.38. The maximum absolute atomic E-state index is 6.48. The van der Waals surface area contributed by atoms with Crippen molar-refractivity contribution in [2.24, 2.45) is 0 Å². The summed E-state index contributed by atoms with van der Waals surface area (Å²) in [5, 5.41) is 0.699. The minimum atomic E-state index is -0.450. The zero-order chi connectivity index (χ0) is 24.7. The van der Waals surface area contributed by atoms with Crippen molar-refractivity contribution in [2.75, 3.05) is 20.2 Å². The fourth-order valence-corrected chi connectivity index (χ4v) is 5.14. The highest BCUT2D eigenvalue weighted by Crippen LogP contribution is 2.37. The molecular weight excluding hydrogens is 449 g/mol. The quantitative estimate of drug-likeness (QED) is 0.550. The Morgan fingerprint density at radius 1 is 1.06 bits per heavy atom. The third-order valence-electron chi connectivity index (χ3n) is 7.38. The number of morpholine rings is 1. The van der Waals surface area contributed by atoms with E-state index < -0.39 is 18.3 Å². The lowest BCUT2D eigenvalue weighted by atomic mass is 9.73. The van der Waals surface area contributed by atoms with Crippen LogP contribution in [0.4, 0.5) is 0 Å². The Labute approximate surface area is 209 Å². The Balaban J connectivity index is 1.53. The van der Waals surface area contributed by atoms with E-state index in [1.165, 1.54) is 11.1 Å². The summed E-state index contributed by atoms with van der Waals surface area (Å²) in [6, 6.07) is 12.3. The van der Waals surface area contributed by atoms with Gasteiger partial charge in [-0.2, -0.15) is 0 Å². The van der Waals surface area contributed by atoms with Crippen LogP contribution >= 0.6 is 11.6 Å². The van der Waals surface area contributed by atoms with Gasteiger partial charge in [-0.05, 0) is 94.4 Å². The molecule has 2 heterocycles. The molecule has 0 amide bonds. The van der Waals surface area contributed by atoms with Crippen LogP contribution < -0.4 is 10.2 Å². The number of hydrogen-bond donors (Lipinski definition) is 0. The first-order chi connectivity index (χ1) is 16.0. The van der Waals surface area contributed by atoms with Crippen molar-refractivity contribution < 1.29 is 18.8 Å². The Morgan fingerprint density at radius 2 is 1.71 bits per heavy atom. The van der Waals surface area contributed by atoms with Gasteiger partial charge in [0.15, 0.2) is 0 Å². The number of rotatable bonds is 6. The van der Waals surface area contributed by atoms with Gasteiger partial charge >= 0.3 is 7.12 Å². The van der Waals surface area contributed by atoms with Gasteiger partial charge in [-0.3, -0.25) is 4.90 Å². The molecule has 2 aromatic rings. The van der Waals surface area contributed by atoms with Gasteiger partial charge in [-0.15, -0.1) is 0 Å². The van der Waals surface area contributed by atoms with Crippen LogP contribution in [0, 0.1) is 6.92 Å². The molecule has 0 aliphatic carbocycles. The molecule has 2 saturated heterocycles. The summed E-state index contributed by atoms with van der Waals surface area (Å²) in [4.78, 5) is 2.47. The average molecular weight is 486 g/mol. The second-order valence-electron chi connectivity index (χ2n) is 10.7. The molecule has 0 N–H and O–H groups in total. The number of nitrogens with zero attached hydrogens (tertiary/aromatic N) is 1. The fourth-order valence-electron chi connectivity index (χ4n) is 4.86. The second kappa shape index (κ2) is 9.83. The maximum Gasteiger partial charge on any atom is 0.495 e. The van der Waals surface area contributed by atoms with Gasteiger partial charge in [-0.1, -0.05) is 23.7 Å². The molecule has 2 aliphatic rings. The Hall–Kier alpha value is -1.57. The standard InChI is InChI=1S/C27H37BClNO4/c1-18-12-21(29)13-25(28-33-26(3,4)27(5,6)34-28)24(18)14-23-17-30(15-19(2)32-23)16-20-8-10-22(31-7)11-9-20/h8-13,19,23H,14-17H2,1-7H3/t19-,23?/m0/s1. The van der Waals surface area contributed by atoms with Crippen molar-refractivity contribution in [2.45, 2.75) is 77.9 Å². The first-order valence-corrected chi connectivity index (χ1v) is 12.5. The van der Waals surface area contributed by atoms with Gasteiger partial charge in [0.05, 0.1) is 30.5 Å². The zero-order valence-corrected chi connectivity index (χ0v) is 22.2. The molecule has 0 bridgehead atoms. The lowest BCUT2D eigenvalue weighted by molar-refractivity contribution is -0.0784. The normalized spacial score (nSPS) is 24.4. The van der Waals surface area contributed by atoms with Crippen LogP contribution in [0.5, 0.6) is 5.75 Å². The van der Waals surface area contributed by atoms with Gasteiger partial charge in [0.25, 0.3) is 0 Å². The number of halogens is 1. The SMILES string of the molecule is COc1ccc(CN2CC(Cc3c(C)cc(Cl)cc3B3OC(C)(C)C(C)(C)O3)O[C@@H](C)C2)cc1. The van der Waals surface area contributed by atoms with Gasteiger partial charge in [0.2, 0.25) is 0 Å². The second-order valence-corrected chi connectivity index (χ2v) is 11.1. The van der Waals surface area contributed by atoms with Crippen LogP contribution in [0.2, 0.25) is 5.02 Å². The van der Waals surface area contributed by atoms with E-state index in [0.717, 1.165) is 42.8 Å². The predicted octanol–water partition coefficient (Wildman–Crippen LogP) is 4.79. The van der Waals surface area contributed by atoms with Crippen molar-refractivity contribution in [3.63, 3.8) is 0 Å². The van der Waals surface area contributed by atoms with Crippen molar-refractivity contribution in [1.82, 2.24) is 4.90 Å². The number of hydrogen-bond acceptors (Lipinski definition) is 5. The largest absolute Gasteiger partial charge is 0.497 e. The predicted molar refractivity (Wildman–Crippen MR) is 138 cm³/mol. The fraction of sp³-hybridized carbons (Fsp3) is 0.556. The van der Waals surface area contributed by atoms with Crippen molar-refractivity contribution in [3.05, 3.63) is 58.1 Å². The lowest BCUT2D eigenvalue weighted by Gasteiger charge is -2.37. The molecule has 2 aromatic carbocycles. The highest BCUT2D eigenvalue weighted by molar-refractivity contribution is 6.63. The van der Waals surface area contributed by atoms with Crippen molar-refractivity contribution in [1.29, 1.82) is 0 Å². The molecule has 1 unspecified atom stereocenters. The molecule has 2 atom stereocenters. The molecule has 7 heteroatoms. The lowest BCUT2D eigenvalue weighted by Crippen LogP contribution is -2.48. The van der Waals surface area contributed by atoms with E-state index in [1.807, 2.05) is 24.3 Å². The van der Waals surface area contributed by atoms with Crippen LogP contribution in [-0.4, -0.2) is 55.6 Å². The summed E-state index contributed by atoms with van der Waals surface area (Å²) in [6.07, 6.45) is 1.01. The third-order valence-corrected chi connectivity index (χ3v) is 7.60. The summed E-state index contributed by atoms with van der Waals surface area (Å²) >= 11 is 6.48. The van der Waals surface area contributed by atoms with E-state index in [2.05, 4.69) is 58.6 Å². The third kappa shape index (κ3) is 5.47. The summed E-state index contributed by atoms with van der Waals surface area (Å²) in [7, 11) is 1.24. The molecular formula is C27H37BClNO4. The van der Waals surface area contributed by atoms with Gasteiger partial charge in [-0.25, -0.2) is 0 Å². The molecule has 34 heavy (non-hydrogen) atoms. The van der Waals surface area contributed by atoms with Gasteiger partial charge < -0.3 is 18.8 Å². The van der Waals surface area contributed by atoms with Crippen LogP contribution in [0.3, 0.4) is 0 Å². The van der Waals surface area contributed by atoms with E-state index in [-0.39, 0.29) is 12.2 Å². The summed E-state index contributed by atoms with van der Waals surface area (Å²) in [5.74, 6) is 0.880. The number of methoxy groups -OCH3 is 1. The number of aryl methyl sites for hydroxylation is 1. The minimum absolute atomic E-state index is 0.0723. The molecule has 184 valence electrons. The molecule has 2 aliphatic heterocycles. The van der Waals surface area contributed by atoms with Crippen molar-refractivity contribution >= 4 is 24.2 Å². The van der Waals surface area contributed by atoms with Crippen LogP contribution in [0.1, 0.15) is 51.3 Å². The van der Waals surface area contributed by atoms with E-state index in [0.29, 0.717) is 5.02 Å². The van der Waals surface area contributed by atoms with Crippen molar-refractivity contribution in [3.8, 4) is 5.75 Å². The number of benzene rings is 2. The Morgan fingerprint density at radius 3 is 2.32 bits per heavy atom. The topological polar surface area (TPSA) is 40.2 Å². The van der Waals surface area contributed by atoms with Gasteiger partial charge in [0.1, 0.15) is 5.75 Å². The highest BCUT2D eigenvalue weighted by Gasteiger charge is 2.52. The molecule has 0 radical (unpaired) electrons. The Bertz CT molecular complexity index is 994. The molecule has 5 nitrogen and oxygen atoms in total. The summed E-state index contributed by atoms with van der Waals surface area (Å²) in [6.45, 7) is 15.2. The smallest absolute Gasteiger partial charge is 0.495 e. The minimum Gasteiger partial charge on any atom is -0.497 e. The zero-order valence-electron chi connectivity index (χ0n) is 21.5. The number of ether oxygens (including phenoxy) is 2. The van der Waals surface area contributed by atoms with Crippen LogP contribution in [-0.2, 0) is 27.0 Å². The summed E-state index contributed by atoms with van der Waals surface area (Å²) in [5.41, 5.74) is 3.81. The first kappa shape index (κ1) is 25.5.